The smallest absolute Gasteiger partial charge is 0.289 e. The van der Waals surface area contributed by atoms with Gasteiger partial charge in [0.2, 0.25) is 0 Å². The molecule has 0 saturated heterocycles. The predicted molar refractivity (Wildman–Crippen MR) is 76.9 cm³/mol. The topological polar surface area (TPSA) is 62.9 Å². The molecular formula is C14H14BrNO4. The van der Waals surface area contributed by atoms with Crippen molar-refractivity contribution in [3.63, 3.8) is 0 Å². The van der Waals surface area contributed by atoms with Crippen LogP contribution in [0.15, 0.2) is 39.4 Å². The molecule has 0 radical (unpaired) electrons. The third-order valence-electron chi connectivity index (χ3n) is 2.79. The standard InChI is InChI=1S/C14H14BrNO4/c1-16(14(18)11-5-6-13(15)20-11)8-9-3-4-10(17)12(7-9)19-2/h3-7,17H,8H2,1-2H3. The quantitative estimate of drug-likeness (QED) is 0.929. The summed E-state index contributed by atoms with van der Waals surface area (Å²) in [6.07, 6.45) is 0. The molecule has 1 heterocycles. The Kier molecular flexibility index (Phi) is 4.34. The Morgan fingerprint density at radius 3 is 2.75 bits per heavy atom. The van der Waals surface area contributed by atoms with Gasteiger partial charge in [-0.3, -0.25) is 4.79 Å². The summed E-state index contributed by atoms with van der Waals surface area (Å²) >= 11 is 3.16. The number of carbonyl (C=O) groups excluding carboxylic acids is 1. The van der Waals surface area contributed by atoms with Crippen molar-refractivity contribution in [1.82, 2.24) is 4.90 Å². The van der Waals surface area contributed by atoms with E-state index in [2.05, 4.69) is 15.9 Å². The molecule has 20 heavy (non-hydrogen) atoms. The average Bonchev–Trinajstić information content (AvgIpc) is 2.86. The zero-order chi connectivity index (χ0) is 14.7. The van der Waals surface area contributed by atoms with Crippen LogP contribution in [0.5, 0.6) is 11.5 Å². The number of rotatable bonds is 4. The minimum Gasteiger partial charge on any atom is -0.504 e. The molecule has 0 spiro atoms. The summed E-state index contributed by atoms with van der Waals surface area (Å²) in [7, 11) is 3.16. The Morgan fingerprint density at radius 2 is 2.15 bits per heavy atom. The van der Waals surface area contributed by atoms with Crippen molar-refractivity contribution in [2.24, 2.45) is 0 Å². The monoisotopic (exact) mass is 339 g/mol. The van der Waals surface area contributed by atoms with Crippen molar-refractivity contribution >= 4 is 21.8 Å². The van der Waals surface area contributed by atoms with E-state index in [1.807, 2.05) is 0 Å². The first-order chi connectivity index (χ1) is 9.51. The lowest BCUT2D eigenvalue weighted by Crippen LogP contribution is -2.25. The lowest BCUT2D eigenvalue weighted by molar-refractivity contribution is 0.0752. The van der Waals surface area contributed by atoms with Gasteiger partial charge in [-0.2, -0.15) is 0 Å². The molecule has 0 saturated carbocycles. The lowest BCUT2D eigenvalue weighted by atomic mass is 10.2. The van der Waals surface area contributed by atoms with Crippen molar-refractivity contribution in [3.05, 3.63) is 46.3 Å². The minimum absolute atomic E-state index is 0.0696. The van der Waals surface area contributed by atoms with E-state index in [1.165, 1.54) is 18.1 Å². The molecule has 5 nitrogen and oxygen atoms in total. The van der Waals surface area contributed by atoms with Crippen molar-refractivity contribution in [1.29, 1.82) is 0 Å². The Balaban J connectivity index is 2.11. The van der Waals surface area contributed by atoms with E-state index in [9.17, 15) is 9.90 Å². The van der Waals surface area contributed by atoms with Gasteiger partial charge in [0.15, 0.2) is 21.9 Å². The van der Waals surface area contributed by atoms with Crippen molar-refractivity contribution in [2.75, 3.05) is 14.2 Å². The maximum Gasteiger partial charge on any atom is 0.289 e. The fourth-order valence-electron chi connectivity index (χ4n) is 1.78. The molecule has 1 aromatic carbocycles. The van der Waals surface area contributed by atoms with E-state index >= 15 is 0 Å². The highest BCUT2D eigenvalue weighted by Crippen LogP contribution is 2.27. The van der Waals surface area contributed by atoms with Crippen LogP contribution in [0.25, 0.3) is 0 Å². The highest BCUT2D eigenvalue weighted by atomic mass is 79.9. The summed E-state index contributed by atoms with van der Waals surface area (Å²) in [5.41, 5.74) is 0.848. The molecular weight excluding hydrogens is 326 g/mol. The molecule has 0 unspecified atom stereocenters. The largest absolute Gasteiger partial charge is 0.504 e. The number of amides is 1. The van der Waals surface area contributed by atoms with Gasteiger partial charge in [-0.15, -0.1) is 0 Å². The molecule has 0 bridgehead atoms. The van der Waals surface area contributed by atoms with E-state index in [1.54, 1.807) is 31.3 Å². The summed E-state index contributed by atoms with van der Waals surface area (Å²) in [5, 5.41) is 9.53. The number of methoxy groups -OCH3 is 1. The summed E-state index contributed by atoms with van der Waals surface area (Å²) in [5.74, 6) is 0.497. The van der Waals surface area contributed by atoms with Crippen molar-refractivity contribution < 1.29 is 19.1 Å². The highest BCUT2D eigenvalue weighted by Gasteiger charge is 2.16. The molecule has 1 aromatic heterocycles. The van der Waals surface area contributed by atoms with Crippen LogP contribution in [0.4, 0.5) is 0 Å². The van der Waals surface area contributed by atoms with Crippen LogP contribution in [0.3, 0.4) is 0 Å². The van der Waals surface area contributed by atoms with Gasteiger partial charge in [0.1, 0.15) is 0 Å². The fourth-order valence-corrected chi connectivity index (χ4v) is 2.09. The van der Waals surface area contributed by atoms with E-state index in [0.29, 0.717) is 17.0 Å². The number of nitrogens with zero attached hydrogens (tertiary/aromatic N) is 1. The fraction of sp³-hybridized carbons (Fsp3) is 0.214. The van der Waals surface area contributed by atoms with Crippen molar-refractivity contribution in [2.45, 2.75) is 6.54 Å². The number of ether oxygens (including phenoxy) is 1. The summed E-state index contributed by atoms with van der Waals surface area (Å²) in [4.78, 5) is 13.6. The number of hydrogen-bond acceptors (Lipinski definition) is 4. The summed E-state index contributed by atoms with van der Waals surface area (Å²) in [6.45, 7) is 0.383. The molecule has 0 aliphatic carbocycles. The van der Waals surface area contributed by atoms with Crippen LogP contribution in [-0.2, 0) is 6.54 Å². The normalized spacial score (nSPS) is 10.3. The number of aromatic hydroxyl groups is 1. The Labute approximate surface area is 124 Å². The van der Waals surface area contributed by atoms with E-state index < -0.39 is 0 Å². The van der Waals surface area contributed by atoms with Crippen LogP contribution in [0.2, 0.25) is 0 Å². The predicted octanol–water partition coefficient (Wildman–Crippen LogP) is 3.03. The van der Waals surface area contributed by atoms with Gasteiger partial charge in [-0.25, -0.2) is 0 Å². The second-order valence-corrected chi connectivity index (χ2v) is 5.05. The Morgan fingerprint density at radius 1 is 1.40 bits per heavy atom. The zero-order valence-electron chi connectivity index (χ0n) is 11.1. The molecule has 1 N–H and O–H groups in total. The molecule has 2 aromatic rings. The number of benzene rings is 1. The van der Waals surface area contributed by atoms with Gasteiger partial charge >= 0.3 is 0 Å². The average molecular weight is 340 g/mol. The number of hydrogen-bond donors (Lipinski definition) is 1. The van der Waals surface area contributed by atoms with Gasteiger partial charge in [0, 0.05) is 13.6 Å². The van der Waals surface area contributed by atoms with Gasteiger partial charge in [0.25, 0.3) is 5.91 Å². The van der Waals surface area contributed by atoms with Crippen LogP contribution in [-0.4, -0.2) is 30.1 Å². The molecule has 0 fully saturated rings. The molecule has 0 atom stereocenters. The van der Waals surface area contributed by atoms with Crippen molar-refractivity contribution in [3.8, 4) is 11.5 Å². The van der Waals surface area contributed by atoms with Gasteiger partial charge in [-0.1, -0.05) is 6.07 Å². The number of furan rings is 1. The van der Waals surface area contributed by atoms with Crippen LogP contribution < -0.4 is 4.74 Å². The number of carbonyl (C=O) groups is 1. The van der Waals surface area contributed by atoms with Gasteiger partial charge in [-0.05, 0) is 45.8 Å². The van der Waals surface area contributed by atoms with Gasteiger partial charge < -0.3 is 19.2 Å². The van der Waals surface area contributed by atoms with Crippen LogP contribution in [0, 0.1) is 0 Å². The SMILES string of the molecule is COc1cc(CN(C)C(=O)c2ccc(Br)o2)ccc1O. The maximum absolute atomic E-state index is 12.1. The molecule has 0 aliphatic heterocycles. The van der Waals surface area contributed by atoms with Gasteiger partial charge in [0.05, 0.1) is 7.11 Å². The molecule has 106 valence electrons. The number of phenols is 1. The second kappa shape index (κ2) is 6.00. The Bertz CT molecular complexity index is 623. The number of phenolic OH excluding ortho intramolecular Hbond substituents is 1. The number of halogens is 1. The minimum atomic E-state index is -0.220. The first-order valence-electron chi connectivity index (χ1n) is 5.88. The van der Waals surface area contributed by atoms with Crippen LogP contribution in [0.1, 0.15) is 16.1 Å². The van der Waals surface area contributed by atoms with E-state index in [4.69, 9.17) is 9.15 Å². The van der Waals surface area contributed by atoms with E-state index in [0.717, 1.165) is 5.56 Å². The molecule has 6 heteroatoms. The molecule has 0 aliphatic rings. The second-order valence-electron chi connectivity index (χ2n) is 4.27. The zero-order valence-corrected chi connectivity index (χ0v) is 12.7. The Hall–Kier alpha value is -1.95. The highest BCUT2D eigenvalue weighted by molar-refractivity contribution is 9.10. The molecule has 2 rings (SSSR count). The maximum atomic E-state index is 12.1. The third kappa shape index (κ3) is 3.14. The first kappa shape index (κ1) is 14.5. The van der Waals surface area contributed by atoms with Crippen LogP contribution >= 0.6 is 15.9 Å². The summed E-state index contributed by atoms with van der Waals surface area (Å²) < 4.78 is 10.8. The lowest BCUT2D eigenvalue weighted by Gasteiger charge is -2.16. The summed E-state index contributed by atoms with van der Waals surface area (Å²) in [6, 6.07) is 8.25. The molecule has 1 amide bonds. The first-order valence-corrected chi connectivity index (χ1v) is 6.67. The third-order valence-corrected chi connectivity index (χ3v) is 3.22. The van der Waals surface area contributed by atoms with E-state index in [-0.39, 0.29) is 17.4 Å².